The molecule has 0 heterocycles. The van der Waals surface area contributed by atoms with Crippen LogP contribution >= 0.6 is 0 Å². The molecule has 0 saturated carbocycles. The van der Waals surface area contributed by atoms with E-state index in [9.17, 15) is 22.7 Å². The van der Waals surface area contributed by atoms with Gasteiger partial charge in [-0.15, -0.1) is 13.2 Å². The third-order valence-corrected chi connectivity index (χ3v) is 1.66. The van der Waals surface area contributed by atoms with Gasteiger partial charge >= 0.3 is 6.36 Å². The Balaban J connectivity index is 2.54. The number of ether oxygens (including phenoxy) is 1. The number of alkyl halides is 3. The van der Waals surface area contributed by atoms with E-state index in [4.69, 9.17) is 0 Å². The van der Waals surface area contributed by atoms with Crippen molar-refractivity contribution in [3.05, 3.63) is 35.6 Å². The van der Waals surface area contributed by atoms with Crippen LogP contribution in [0.1, 0.15) is 11.7 Å². The van der Waals surface area contributed by atoms with Crippen LogP contribution in [0.5, 0.6) is 0 Å². The monoisotopic (exact) mass is 224 g/mol. The van der Waals surface area contributed by atoms with Gasteiger partial charge in [0, 0.05) is 0 Å². The van der Waals surface area contributed by atoms with Crippen molar-refractivity contribution < 1.29 is 27.4 Å². The van der Waals surface area contributed by atoms with Gasteiger partial charge in [0.05, 0.1) is 6.61 Å². The molecular formula is C9H8F4O2. The molecule has 0 saturated heterocycles. The fraction of sp³-hybridized carbons (Fsp3) is 0.333. The zero-order chi connectivity index (χ0) is 11.5. The molecule has 0 aliphatic rings. The van der Waals surface area contributed by atoms with E-state index in [0.717, 1.165) is 12.1 Å². The molecule has 1 atom stereocenters. The van der Waals surface area contributed by atoms with Crippen molar-refractivity contribution in [3.63, 3.8) is 0 Å². The summed E-state index contributed by atoms with van der Waals surface area (Å²) in [4.78, 5) is 0. The van der Waals surface area contributed by atoms with Crippen LogP contribution in [0.15, 0.2) is 24.3 Å². The topological polar surface area (TPSA) is 29.5 Å². The molecule has 84 valence electrons. The molecule has 6 heteroatoms. The highest BCUT2D eigenvalue weighted by Gasteiger charge is 2.30. The molecule has 1 aromatic rings. The number of rotatable bonds is 3. The van der Waals surface area contributed by atoms with Crippen LogP contribution in [0.2, 0.25) is 0 Å². The van der Waals surface area contributed by atoms with Crippen LogP contribution in [0, 0.1) is 5.82 Å². The average molecular weight is 224 g/mol. The lowest BCUT2D eigenvalue weighted by Gasteiger charge is -2.12. The van der Waals surface area contributed by atoms with Crippen LogP contribution in [-0.4, -0.2) is 18.1 Å². The molecule has 0 fully saturated rings. The predicted molar refractivity (Wildman–Crippen MR) is 43.4 cm³/mol. The van der Waals surface area contributed by atoms with E-state index >= 15 is 0 Å². The zero-order valence-electron chi connectivity index (χ0n) is 7.46. The largest absolute Gasteiger partial charge is 0.522 e. The molecule has 0 radical (unpaired) electrons. The maximum Gasteiger partial charge on any atom is 0.522 e. The van der Waals surface area contributed by atoms with Crippen LogP contribution in [0.4, 0.5) is 17.6 Å². The van der Waals surface area contributed by atoms with Gasteiger partial charge in [0.25, 0.3) is 0 Å². The Morgan fingerprint density at radius 1 is 1.20 bits per heavy atom. The van der Waals surface area contributed by atoms with Gasteiger partial charge < -0.3 is 5.11 Å². The molecule has 1 aromatic carbocycles. The molecule has 0 amide bonds. The zero-order valence-corrected chi connectivity index (χ0v) is 7.46. The molecule has 15 heavy (non-hydrogen) atoms. The average Bonchev–Trinajstić information content (AvgIpc) is 2.14. The summed E-state index contributed by atoms with van der Waals surface area (Å²) < 4.78 is 50.7. The fourth-order valence-corrected chi connectivity index (χ4v) is 0.955. The molecule has 0 aliphatic carbocycles. The van der Waals surface area contributed by atoms with Gasteiger partial charge in [-0.1, -0.05) is 12.1 Å². The number of hydrogen-bond acceptors (Lipinski definition) is 2. The summed E-state index contributed by atoms with van der Waals surface area (Å²) in [5, 5.41) is 9.23. The lowest BCUT2D eigenvalue weighted by molar-refractivity contribution is -0.331. The van der Waals surface area contributed by atoms with Crippen molar-refractivity contribution in [2.45, 2.75) is 12.5 Å². The first-order chi connectivity index (χ1) is 6.88. The first kappa shape index (κ1) is 11.9. The first-order valence-electron chi connectivity index (χ1n) is 4.03. The van der Waals surface area contributed by atoms with E-state index in [1.165, 1.54) is 12.1 Å². The van der Waals surface area contributed by atoms with Gasteiger partial charge in [0.1, 0.15) is 11.9 Å². The molecule has 0 aliphatic heterocycles. The van der Waals surface area contributed by atoms with Crippen molar-refractivity contribution in [3.8, 4) is 0 Å². The highest BCUT2D eigenvalue weighted by molar-refractivity contribution is 5.18. The minimum atomic E-state index is -4.78. The first-order valence-corrected chi connectivity index (χ1v) is 4.03. The van der Waals surface area contributed by atoms with Crippen molar-refractivity contribution >= 4 is 0 Å². The quantitative estimate of drug-likeness (QED) is 0.799. The van der Waals surface area contributed by atoms with Gasteiger partial charge in [-0.2, -0.15) is 0 Å². The minimum Gasteiger partial charge on any atom is -0.386 e. The number of benzene rings is 1. The summed E-state index contributed by atoms with van der Waals surface area (Å²) in [7, 11) is 0. The van der Waals surface area contributed by atoms with E-state index in [1.54, 1.807) is 0 Å². The second-order valence-corrected chi connectivity index (χ2v) is 2.82. The van der Waals surface area contributed by atoms with Crippen molar-refractivity contribution in [1.29, 1.82) is 0 Å². The van der Waals surface area contributed by atoms with Crippen molar-refractivity contribution in [2.75, 3.05) is 6.61 Å². The second kappa shape index (κ2) is 4.59. The smallest absolute Gasteiger partial charge is 0.386 e. The summed E-state index contributed by atoms with van der Waals surface area (Å²) in [6, 6.07) is 4.48. The number of halogens is 4. The summed E-state index contributed by atoms with van der Waals surface area (Å²) in [6.07, 6.45) is -6.20. The minimum absolute atomic E-state index is 0.167. The van der Waals surface area contributed by atoms with Gasteiger partial charge in [-0.3, -0.25) is 4.74 Å². The molecular weight excluding hydrogens is 216 g/mol. The highest BCUT2D eigenvalue weighted by atomic mass is 19.4. The van der Waals surface area contributed by atoms with E-state index in [0.29, 0.717) is 0 Å². The fourth-order valence-electron chi connectivity index (χ4n) is 0.955. The Labute approximate surface area is 83.1 Å². The maximum atomic E-state index is 12.4. The Kier molecular flexibility index (Phi) is 3.65. The Morgan fingerprint density at radius 2 is 1.73 bits per heavy atom. The normalized spacial score (nSPS) is 13.9. The highest BCUT2D eigenvalue weighted by Crippen LogP contribution is 2.20. The second-order valence-electron chi connectivity index (χ2n) is 2.82. The summed E-state index contributed by atoms with van der Waals surface area (Å²) >= 11 is 0. The van der Waals surface area contributed by atoms with Gasteiger partial charge in [-0.05, 0) is 17.7 Å². The lowest BCUT2D eigenvalue weighted by atomic mass is 10.1. The molecule has 0 aromatic heterocycles. The van der Waals surface area contributed by atoms with Gasteiger partial charge in [0.2, 0.25) is 0 Å². The van der Waals surface area contributed by atoms with Crippen LogP contribution in [0.3, 0.4) is 0 Å². The van der Waals surface area contributed by atoms with Crippen molar-refractivity contribution in [1.82, 2.24) is 0 Å². The van der Waals surface area contributed by atoms with Crippen LogP contribution < -0.4 is 0 Å². The molecule has 0 spiro atoms. The SMILES string of the molecule is O[C@@H](COC(F)(F)F)c1ccc(F)cc1. The third-order valence-electron chi connectivity index (χ3n) is 1.66. The predicted octanol–water partition coefficient (Wildman–Crippen LogP) is 2.40. The van der Waals surface area contributed by atoms with Gasteiger partial charge in [0.15, 0.2) is 0 Å². The van der Waals surface area contributed by atoms with E-state index in [1.807, 2.05) is 0 Å². The molecule has 0 unspecified atom stereocenters. The summed E-state index contributed by atoms with van der Waals surface area (Å²) in [6.45, 7) is -0.908. The number of hydrogen-bond donors (Lipinski definition) is 1. The third kappa shape index (κ3) is 4.26. The van der Waals surface area contributed by atoms with Crippen LogP contribution in [0.25, 0.3) is 0 Å². The Morgan fingerprint density at radius 3 is 2.20 bits per heavy atom. The standard InChI is InChI=1S/C9H8F4O2/c10-7-3-1-6(2-4-7)8(14)5-15-9(11,12)13/h1-4,8,14H,5H2/t8-/m0/s1. The van der Waals surface area contributed by atoms with E-state index < -0.39 is 24.9 Å². The van der Waals surface area contributed by atoms with Gasteiger partial charge in [-0.25, -0.2) is 4.39 Å². The summed E-state index contributed by atoms with van der Waals surface area (Å²) in [5.74, 6) is -0.525. The Hall–Kier alpha value is -1.14. The Bertz CT molecular complexity index is 307. The van der Waals surface area contributed by atoms with Crippen molar-refractivity contribution in [2.24, 2.45) is 0 Å². The van der Waals surface area contributed by atoms with E-state index in [2.05, 4.69) is 4.74 Å². The summed E-state index contributed by atoms with van der Waals surface area (Å²) in [5.41, 5.74) is 0.167. The molecule has 1 N–H and O–H groups in total. The molecule has 2 nitrogen and oxygen atoms in total. The van der Waals surface area contributed by atoms with E-state index in [-0.39, 0.29) is 5.56 Å². The molecule has 0 bridgehead atoms. The maximum absolute atomic E-state index is 12.4. The number of aliphatic hydroxyl groups is 1. The van der Waals surface area contributed by atoms with Crippen LogP contribution in [-0.2, 0) is 4.74 Å². The molecule has 1 rings (SSSR count). The lowest BCUT2D eigenvalue weighted by Crippen LogP contribution is -2.18. The number of aliphatic hydroxyl groups excluding tert-OH is 1.